The van der Waals surface area contributed by atoms with Crippen LogP contribution in [0, 0.1) is 0 Å². The molecule has 1 aromatic heterocycles. The van der Waals surface area contributed by atoms with Gasteiger partial charge in [-0.05, 0) is 39.0 Å². The Morgan fingerprint density at radius 1 is 1.24 bits per heavy atom. The Hall–Kier alpha value is -2.86. The third kappa shape index (κ3) is 5.70. The standard InChI is InChI=1S/C28H35ClN6O8S2/c1-6-42-17-7-8-18-20(9-17)45-26(32-18)44-11-13(2)31-24-27(14(3)37)25(35(16(5)39)28(29,33-24)15(4)38)34(12-30-27)23-22(41)21(40)19(10-36)43-23/h7-9,12-13,19,21-23,25,36,40-41H,6,10-11H2,1-5H3,(H,31,33)/t13-,19-,21?,22?,23-,25?,27?,28?/m1/s1. The predicted molar refractivity (Wildman–Crippen MR) is 169 cm³/mol. The molecule has 4 N–H and O–H groups in total. The second kappa shape index (κ2) is 12.7. The number of ether oxygens (including phenoxy) is 2. The number of Topliss-reactive ketones (excluding diaryl/α,β-unsaturated/α-hetero) is 2. The minimum Gasteiger partial charge on any atom is -0.494 e. The van der Waals surface area contributed by atoms with E-state index in [9.17, 15) is 29.7 Å². The van der Waals surface area contributed by atoms with Gasteiger partial charge < -0.3 is 35.0 Å². The number of rotatable bonds is 10. The van der Waals surface area contributed by atoms with E-state index in [1.54, 1.807) is 0 Å². The Bertz CT molecular complexity index is 1560. The van der Waals surface area contributed by atoms with Gasteiger partial charge in [-0.25, -0.2) is 9.98 Å². The summed E-state index contributed by atoms with van der Waals surface area (Å²) in [7, 11) is 0. The van der Waals surface area contributed by atoms with Gasteiger partial charge in [0.2, 0.25) is 11.4 Å². The van der Waals surface area contributed by atoms with Gasteiger partial charge in [0.25, 0.3) is 5.12 Å². The smallest absolute Gasteiger partial charge is 0.253 e. The number of aliphatic imine (C=N–C) groups is 2. The fourth-order valence-corrected chi connectivity index (χ4v) is 8.04. The van der Waals surface area contributed by atoms with Gasteiger partial charge in [0.05, 0.1) is 35.8 Å². The van der Waals surface area contributed by atoms with Crippen LogP contribution in [0.2, 0.25) is 0 Å². The maximum absolute atomic E-state index is 13.6. The molecule has 3 aliphatic heterocycles. The molecule has 17 heteroatoms. The summed E-state index contributed by atoms with van der Waals surface area (Å²) in [4.78, 5) is 56.0. The highest BCUT2D eigenvalue weighted by molar-refractivity contribution is 8.01. The molecular formula is C28H35ClN6O8S2. The third-order valence-electron chi connectivity index (χ3n) is 7.87. The molecule has 1 aromatic carbocycles. The van der Waals surface area contributed by atoms with Crippen molar-refractivity contribution in [3.8, 4) is 5.75 Å². The van der Waals surface area contributed by atoms with Gasteiger partial charge in [0.15, 0.2) is 28.3 Å². The first kappa shape index (κ1) is 33.5. The molecule has 0 radical (unpaired) electrons. The number of hydrogen-bond donors (Lipinski definition) is 4. The predicted octanol–water partition coefficient (Wildman–Crippen LogP) is 0.944. The molecule has 8 atom stereocenters. The van der Waals surface area contributed by atoms with Crippen LogP contribution >= 0.6 is 34.7 Å². The number of fused-ring (bicyclic) bond motifs is 2. The molecule has 244 valence electrons. The van der Waals surface area contributed by atoms with E-state index >= 15 is 0 Å². The Labute approximate surface area is 272 Å². The summed E-state index contributed by atoms with van der Waals surface area (Å²) < 4.78 is 13.1. The molecule has 0 aliphatic carbocycles. The summed E-state index contributed by atoms with van der Waals surface area (Å²) in [5.41, 5.74) is -1.06. The third-order valence-corrected chi connectivity index (χ3v) is 10.8. The molecule has 2 aromatic rings. The number of aromatic nitrogens is 1. The summed E-state index contributed by atoms with van der Waals surface area (Å²) in [6.07, 6.45) is -5.74. The van der Waals surface area contributed by atoms with Crippen LogP contribution in [0.1, 0.15) is 34.6 Å². The molecule has 2 saturated heterocycles. The summed E-state index contributed by atoms with van der Waals surface area (Å²) >= 11 is 9.85. The van der Waals surface area contributed by atoms with Crippen molar-refractivity contribution in [2.24, 2.45) is 9.98 Å². The first-order chi connectivity index (χ1) is 21.3. The average molecular weight is 683 g/mol. The number of alkyl halides is 1. The van der Waals surface area contributed by atoms with E-state index in [0.717, 1.165) is 25.2 Å². The molecule has 0 bridgehead atoms. The molecule has 5 rings (SSSR count). The van der Waals surface area contributed by atoms with Crippen molar-refractivity contribution in [2.75, 3.05) is 19.0 Å². The average Bonchev–Trinajstić information content (AvgIpc) is 3.65. The molecule has 1 amide bonds. The van der Waals surface area contributed by atoms with Gasteiger partial charge in [0, 0.05) is 19.6 Å². The van der Waals surface area contributed by atoms with Crippen molar-refractivity contribution in [3.63, 3.8) is 0 Å². The van der Waals surface area contributed by atoms with Gasteiger partial charge in [0.1, 0.15) is 29.9 Å². The Morgan fingerprint density at radius 3 is 2.58 bits per heavy atom. The van der Waals surface area contributed by atoms with Crippen LogP contribution in [0.15, 0.2) is 32.5 Å². The number of nitrogens with one attached hydrogen (secondary N) is 1. The maximum Gasteiger partial charge on any atom is 0.253 e. The van der Waals surface area contributed by atoms with Crippen molar-refractivity contribution in [1.82, 2.24) is 20.1 Å². The van der Waals surface area contributed by atoms with Gasteiger partial charge in [-0.1, -0.05) is 23.4 Å². The van der Waals surface area contributed by atoms with Crippen molar-refractivity contribution in [1.29, 1.82) is 0 Å². The highest BCUT2D eigenvalue weighted by atomic mass is 35.5. The van der Waals surface area contributed by atoms with Crippen LogP contribution < -0.4 is 10.1 Å². The normalized spacial score (nSPS) is 32.6. The Kier molecular flexibility index (Phi) is 9.48. The monoisotopic (exact) mass is 682 g/mol. The fourth-order valence-electron chi connectivity index (χ4n) is 5.69. The number of halogens is 1. The van der Waals surface area contributed by atoms with Crippen molar-refractivity contribution in [3.05, 3.63) is 18.2 Å². The van der Waals surface area contributed by atoms with E-state index in [1.807, 2.05) is 32.0 Å². The first-order valence-corrected chi connectivity index (χ1v) is 16.4. The zero-order chi connectivity index (χ0) is 32.8. The lowest BCUT2D eigenvalue weighted by atomic mass is 9.85. The second-order valence-electron chi connectivity index (χ2n) is 11.0. The highest BCUT2D eigenvalue weighted by Gasteiger charge is 2.68. The molecule has 3 aliphatic rings. The number of benzene rings is 1. The molecule has 0 spiro atoms. The Morgan fingerprint density at radius 2 is 1.98 bits per heavy atom. The number of carbonyl (C=O) groups excluding carboxylic acids is 3. The molecule has 14 nitrogen and oxygen atoms in total. The second-order valence-corrected chi connectivity index (χ2v) is 13.8. The van der Waals surface area contributed by atoms with Crippen molar-refractivity contribution in [2.45, 2.75) is 86.4 Å². The molecular weight excluding hydrogens is 648 g/mol. The molecule has 5 unspecified atom stereocenters. The molecule has 45 heavy (non-hydrogen) atoms. The minimum absolute atomic E-state index is 0.0491. The molecule has 2 fully saturated rings. The zero-order valence-corrected chi connectivity index (χ0v) is 27.6. The SMILES string of the molecule is CCOc1ccc2nc(SC[C@@H](C)N=C3NC(Cl)(C(C)=O)N(C(C)=O)C4N([C@@H]5O[C@H](CO)C(O)C5O)C=NC34C(C)=O)sc2c1. The number of nitrogens with zero attached hydrogens (tertiary/aromatic N) is 5. The number of thioether (sulfide) groups is 1. The summed E-state index contributed by atoms with van der Waals surface area (Å²) in [6.45, 7) is 7.32. The fraction of sp³-hybridized carbons (Fsp3) is 0.571. The van der Waals surface area contributed by atoms with E-state index in [1.165, 1.54) is 55.1 Å². The van der Waals surface area contributed by atoms with E-state index in [0.29, 0.717) is 12.4 Å². The number of hydrogen-bond acceptors (Lipinski definition) is 14. The topological polar surface area (TPSA) is 186 Å². The van der Waals surface area contributed by atoms with Crippen LogP contribution in [-0.4, -0.2) is 126 Å². The van der Waals surface area contributed by atoms with Crippen LogP contribution in [0.25, 0.3) is 10.2 Å². The minimum atomic E-state index is -2.18. The van der Waals surface area contributed by atoms with Gasteiger partial charge in [-0.3, -0.25) is 24.3 Å². The zero-order valence-electron chi connectivity index (χ0n) is 25.2. The lowest BCUT2D eigenvalue weighted by Gasteiger charge is -2.54. The van der Waals surface area contributed by atoms with E-state index < -0.39 is 71.5 Å². The van der Waals surface area contributed by atoms with Crippen LogP contribution in [0.4, 0.5) is 0 Å². The van der Waals surface area contributed by atoms with Crippen molar-refractivity contribution < 1.29 is 39.2 Å². The van der Waals surface area contributed by atoms with E-state index in [2.05, 4.69) is 15.3 Å². The van der Waals surface area contributed by atoms with Gasteiger partial charge in [-0.15, -0.1) is 11.3 Å². The number of thiazole rings is 1. The maximum atomic E-state index is 13.6. The molecule has 4 heterocycles. The number of amides is 1. The van der Waals surface area contributed by atoms with Gasteiger partial charge in [-0.2, -0.15) is 0 Å². The van der Waals surface area contributed by atoms with Crippen LogP contribution in [0.5, 0.6) is 5.75 Å². The first-order valence-electron chi connectivity index (χ1n) is 14.3. The molecule has 0 saturated carbocycles. The summed E-state index contributed by atoms with van der Waals surface area (Å²) in [5, 5.41) is 31.6. The van der Waals surface area contributed by atoms with Gasteiger partial charge >= 0.3 is 0 Å². The van der Waals surface area contributed by atoms with Crippen LogP contribution in [-0.2, 0) is 19.1 Å². The van der Waals surface area contributed by atoms with E-state index in [-0.39, 0.29) is 5.84 Å². The number of carbonyl (C=O) groups is 3. The number of aliphatic hydroxyl groups is 3. The largest absolute Gasteiger partial charge is 0.494 e. The number of ketones is 2. The Balaban J connectivity index is 1.50. The van der Waals surface area contributed by atoms with Crippen LogP contribution in [0.3, 0.4) is 0 Å². The number of aliphatic hydroxyl groups excluding tert-OH is 3. The lowest BCUT2D eigenvalue weighted by Crippen LogP contribution is -2.81. The highest BCUT2D eigenvalue weighted by Crippen LogP contribution is 2.43. The van der Waals surface area contributed by atoms with E-state index in [4.69, 9.17) is 26.1 Å². The van der Waals surface area contributed by atoms with Crippen molar-refractivity contribution >= 4 is 74.6 Å². The quantitative estimate of drug-likeness (QED) is 0.158. The summed E-state index contributed by atoms with van der Waals surface area (Å²) in [5.74, 6) is -0.747. The lowest BCUT2D eigenvalue weighted by molar-refractivity contribution is -0.162. The number of amidine groups is 1. The summed E-state index contributed by atoms with van der Waals surface area (Å²) in [6, 6.07) is 5.23.